The van der Waals surface area contributed by atoms with Crippen molar-refractivity contribution in [3.05, 3.63) is 29.0 Å². The summed E-state index contributed by atoms with van der Waals surface area (Å²) in [5, 5.41) is 9.56. The number of carboxylic acid groups (broad SMARTS) is 1. The van der Waals surface area contributed by atoms with Gasteiger partial charge in [-0.1, -0.05) is 18.5 Å². The Bertz CT molecular complexity index is 490. The molecule has 0 aliphatic carbocycles. The Morgan fingerprint density at radius 1 is 1.40 bits per heavy atom. The second-order valence-electron chi connectivity index (χ2n) is 4.88. The molecule has 1 aliphatic heterocycles. The molecule has 6 heteroatoms. The standard InChI is InChI=1S/C14H18ClFN2O2/c1-2-12(14(19)20)17-5-7-18(8-6-17)13-4-3-10(16)9-11(13)15/h3-4,9,12H,2,5-8H2,1H3,(H,19,20). The summed E-state index contributed by atoms with van der Waals surface area (Å²) in [5.74, 6) is -1.13. The van der Waals surface area contributed by atoms with Crippen LogP contribution in [0.5, 0.6) is 0 Å². The number of aliphatic carboxylic acids is 1. The molecule has 1 atom stereocenters. The smallest absolute Gasteiger partial charge is 0.320 e. The summed E-state index contributed by atoms with van der Waals surface area (Å²) < 4.78 is 13.0. The highest BCUT2D eigenvalue weighted by Crippen LogP contribution is 2.27. The maximum absolute atomic E-state index is 13.0. The van der Waals surface area contributed by atoms with E-state index in [-0.39, 0.29) is 5.82 Å². The van der Waals surface area contributed by atoms with Crippen molar-refractivity contribution in [1.82, 2.24) is 4.90 Å². The number of anilines is 1. The molecule has 110 valence electrons. The highest BCUT2D eigenvalue weighted by molar-refractivity contribution is 6.33. The molecule has 1 saturated heterocycles. The van der Waals surface area contributed by atoms with Gasteiger partial charge in [0, 0.05) is 26.2 Å². The zero-order valence-corrected chi connectivity index (χ0v) is 12.1. The second kappa shape index (κ2) is 6.41. The predicted octanol–water partition coefficient (Wildman–Crippen LogP) is 2.46. The zero-order valence-electron chi connectivity index (χ0n) is 11.4. The first-order valence-electron chi connectivity index (χ1n) is 6.69. The number of hydrogen-bond donors (Lipinski definition) is 1. The van der Waals surface area contributed by atoms with E-state index in [1.807, 2.05) is 11.8 Å². The number of carboxylic acids is 1. The average Bonchev–Trinajstić information content (AvgIpc) is 2.40. The van der Waals surface area contributed by atoms with Crippen molar-refractivity contribution >= 4 is 23.3 Å². The maximum atomic E-state index is 13.0. The van der Waals surface area contributed by atoms with Crippen molar-refractivity contribution in [2.75, 3.05) is 31.1 Å². The van der Waals surface area contributed by atoms with E-state index >= 15 is 0 Å². The SMILES string of the molecule is CCC(C(=O)O)N1CCN(c2ccc(F)cc2Cl)CC1. The second-order valence-corrected chi connectivity index (χ2v) is 5.29. The van der Waals surface area contributed by atoms with Gasteiger partial charge in [0.1, 0.15) is 11.9 Å². The fraction of sp³-hybridized carbons (Fsp3) is 0.500. The molecular formula is C14H18ClFN2O2. The van der Waals surface area contributed by atoms with Gasteiger partial charge in [-0.15, -0.1) is 0 Å². The highest BCUT2D eigenvalue weighted by Gasteiger charge is 2.27. The fourth-order valence-electron chi connectivity index (χ4n) is 2.60. The van der Waals surface area contributed by atoms with E-state index in [2.05, 4.69) is 4.90 Å². The Kier molecular flexibility index (Phi) is 4.83. The van der Waals surface area contributed by atoms with Crippen LogP contribution in [0.15, 0.2) is 18.2 Å². The zero-order chi connectivity index (χ0) is 14.7. The van der Waals surface area contributed by atoms with Gasteiger partial charge in [-0.25, -0.2) is 4.39 Å². The topological polar surface area (TPSA) is 43.8 Å². The molecule has 4 nitrogen and oxygen atoms in total. The van der Waals surface area contributed by atoms with E-state index in [4.69, 9.17) is 16.7 Å². The molecule has 1 aromatic carbocycles. The largest absolute Gasteiger partial charge is 0.480 e. The van der Waals surface area contributed by atoms with Gasteiger partial charge in [0.25, 0.3) is 0 Å². The molecule has 0 amide bonds. The minimum atomic E-state index is -0.777. The summed E-state index contributed by atoms with van der Waals surface area (Å²) in [6.45, 7) is 4.59. The van der Waals surface area contributed by atoms with Gasteiger partial charge >= 0.3 is 5.97 Å². The number of benzene rings is 1. The Labute approximate surface area is 122 Å². The fourth-order valence-corrected chi connectivity index (χ4v) is 2.89. The number of rotatable bonds is 4. The van der Waals surface area contributed by atoms with E-state index in [1.165, 1.54) is 12.1 Å². The molecule has 0 bridgehead atoms. The third-order valence-corrected chi connectivity index (χ3v) is 3.98. The Morgan fingerprint density at radius 2 is 2.05 bits per heavy atom. The van der Waals surface area contributed by atoms with Crippen LogP contribution < -0.4 is 4.90 Å². The molecule has 1 heterocycles. The molecule has 1 fully saturated rings. The Hall–Kier alpha value is -1.33. The first kappa shape index (κ1) is 15.1. The molecule has 20 heavy (non-hydrogen) atoms. The van der Waals surface area contributed by atoms with Crippen molar-refractivity contribution in [3.63, 3.8) is 0 Å². The monoisotopic (exact) mass is 300 g/mol. The molecule has 0 saturated carbocycles. The third kappa shape index (κ3) is 3.22. The van der Waals surface area contributed by atoms with Gasteiger partial charge in [-0.3, -0.25) is 9.69 Å². The first-order chi connectivity index (χ1) is 9.52. The molecular weight excluding hydrogens is 283 g/mol. The van der Waals surface area contributed by atoms with Crippen molar-refractivity contribution in [1.29, 1.82) is 0 Å². The first-order valence-corrected chi connectivity index (χ1v) is 7.07. The van der Waals surface area contributed by atoms with Gasteiger partial charge in [-0.05, 0) is 24.6 Å². The highest BCUT2D eigenvalue weighted by atomic mass is 35.5. The number of halogens is 2. The summed E-state index contributed by atoms with van der Waals surface area (Å²) in [6.07, 6.45) is 0.590. The minimum absolute atomic E-state index is 0.352. The predicted molar refractivity (Wildman–Crippen MR) is 76.9 cm³/mol. The van der Waals surface area contributed by atoms with Crippen LogP contribution in [0.25, 0.3) is 0 Å². The summed E-state index contributed by atoms with van der Waals surface area (Å²) in [4.78, 5) is 15.2. The van der Waals surface area contributed by atoms with Gasteiger partial charge in [0.15, 0.2) is 0 Å². The molecule has 0 aromatic heterocycles. The molecule has 0 spiro atoms. The maximum Gasteiger partial charge on any atom is 0.320 e. The van der Waals surface area contributed by atoms with Gasteiger partial charge < -0.3 is 10.0 Å². The molecule has 1 unspecified atom stereocenters. The average molecular weight is 301 g/mol. The lowest BCUT2D eigenvalue weighted by atomic mass is 10.1. The summed E-state index contributed by atoms with van der Waals surface area (Å²) in [7, 11) is 0. The van der Waals surface area contributed by atoms with Crippen LogP contribution in [0, 0.1) is 5.82 Å². The van der Waals surface area contributed by atoms with E-state index in [0.29, 0.717) is 37.6 Å². The lowest BCUT2D eigenvalue weighted by Crippen LogP contribution is -2.52. The molecule has 1 aliphatic rings. The molecule has 2 rings (SSSR count). The third-order valence-electron chi connectivity index (χ3n) is 3.68. The van der Waals surface area contributed by atoms with Crippen molar-refractivity contribution in [3.8, 4) is 0 Å². The minimum Gasteiger partial charge on any atom is -0.480 e. The van der Waals surface area contributed by atoms with Crippen LogP contribution in [0.4, 0.5) is 10.1 Å². The van der Waals surface area contributed by atoms with Crippen LogP contribution in [0.1, 0.15) is 13.3 Å². The van der Waals surface area contributed by atoms with Gasteiger partial charge in [0.05, 0.1) is 10.7 Å². The molecule has 1 aromatic rings. The number of piperazine rings is 1. The van der Waals surface area contributed by atoms with Crippen LogP contribution >= 0.6 is 11.6 Å². The number of carbonyl (C=O) groups is 1. The van der Waals surface area contributed by atoms with Crippen molar-refractivity contribution in [2.45, 2.75) is 19.4 Å². The van der Waals surface area contributed by atoms with Crippen molar-refractivity contribution < 1.29 is 14.3 Å². The molecule has 0 radical (unpaired) electrons. The number of nitrogens with zero attached hydrogens (tertiary/aromatic N) is 2. The van der Waals surface area contributed by atoms with E-state index in [1.54, 1.807) is 6.07 Å². The van der Waals surface area contributed by atoms with E-state index < -0.39 is 12.0 Å². The Morgan fingerprint density at radius 3 is 2.55 bits per heavy atom. The van der Waals surface area contributed by atoms with E-state index in [9.17, 15) is 9.18 Å². The normalized spacial score (nSPS) is 18.1. The number of hydrogen-bond acceptors (Lipinski definition) is 3. The molecule has 1 N–H and O–H groups in total. The van der Waals surface area contributed by atoms with Crippen LogP contribution in [-0.4, -0.2) is 48.2 Å². The van der Waals surface area contributed by atoms with Crippen LogP contribution in [0.3, 0.4) is 0 Å². The Balaban J connectivity index is 2.02. The lowest BCUT2D eigenvalue weighted by Gasteiger charge is -2.38. The quantitative estimate of drug-likeness (QED) is 0.928. The summed E-state index contributed by atoms with van der Waals surface area (Å²) >= 11 is 6.05. The van der Waals surface area contributed by atoms with Crippen LogP contribution in [-0.2, 0) is 4.79 Å². The lowest BCUT2D eigenvalue weighted by molar-refractivity contribution is -0.143. The summed E-state index contributed by atoms with van der Waals surface area (Å²) in [5.41, 5.74) is 0.802. The van der Waals surface area contributed by atoms with E-state index in [0.717, 1.165) is 5.69 Å². The van der Waals surface area contributed by atoms with Crippen LogP contribution in [0.2, 0.25) is 5.02 Å². The van der Waals surface area contributed by atoms with Crippen molar-refractivity contribution in [2.24, 2.45) is 0 Å². The van der Waals surface area contributed by atoms with Gasteiger partial charge in [-0.2, -0.15) is 0 Å². The summed E-state index contributed by atoms with van der Waals surface area (Å²) in [6, 6.07) is 3.93. The van der Waals surface area contributed by atoms with Gasteiger partial charge in [0.2, 0.25) is 0 Å².